The highest BCUT2D eigenvalue weighted by Crippen LogP contribution is 2.38. The molecule has 0 unspecified atom stereocenters. The van der Waals surface area contributed by atoms with Gasteiger partial charge in [-0.1, -0.05) is 41.4 Å². The van der Waals surface area contributed by atoms with Gasteiger partial charge in [-0.2, -0.15) is 0 Å². The Morgan fingerprint density at radius 2 is 1.91 bits per heavy atom. The van der Waals surface area contributed by atoms with Crippen molar-refractivity contribution >= 4 is 52.0 Å². The van der Waals surface area contributed by atoms with E-state index in [9.17, 15) is 4.79 Å². The van der Waals surface area contributed by atoms with E-state index < -0.39 is 0 Å². The van der Waals surface area contributed by atoms with Crippen LogP contribution in [0.5, 0.6) is 0 Å². The summed E-state index contributed by atoms with van der Waals surface area (Å²) in [5.74, 6) is 0.329. The van der Waals surface area contributed by atoms with Crippen molar-refractivity contribution in [2.24, 2.45) is 0 Å². The quantitative estimate of drug-likeness (QED) is 0.379. The summed E-state index contributed by atoms with van der Waals surface area (Å²) in [5.41, 5.74) is 8.41. The number of hydrogen-bond donors (Lipinski definition) is 2. The largest absolute Gasteiger partial charge is 0.324 e. The Hall–Kier alpha value is -2.58. The van der Waals surface area contributed by atoms with Crippen molar-refractivity contribution in [1.29, 1.82) is 0 Å². The molecule has 3 heterocycles. The summed E-state index contributed by atoms with van der Waals surface area (Å²) in [7, 11) is 0. The molecule has 182 valence electrons. The fourth-order valence-corrected chi connectivity index (χ4v) is 6.01. The lowest BCUT2D eigenvalue weighted by molar-refractivity contribution is 0.0511. The summed E-state index contributed by atoms with van der Waals surface area (Å²) >= 11 is 14.3. The molecule has 1 fully saturated rings. The Bertz CT molecular complexity index is 1260. The summed E-state index contributed by atoms with van der Waals surface area (Å²) in [6.45, 7) is 5.44. The number of likely N-dealkylation sites (tertiary alicyclic amines) is 1. The standard InChI is InChI=1S/C26H26Cl2N4O2S/c1-15-6-7-16(2)20(12-15)30-26(33)32-10-8-17(9-11-32)25-29-22(14-35-25)21-13-23(34-31-21)24-18(27)4-3-5-19(24)28/h3-7,12-14,17,23,31H,8-11H2,1-2H3,(H,30,33)/t23-/m1/s1. The molecule has 1 atom stereocenters. The third-order valence-corrected chi connectivity index (χ3v) is 8.13. The minimum Gasteiger partial charge on any atom is -0.324 e. The molecular formula is C26H26Cl2N4O2S. The average molecular weight is 529 g/mol. The number of nitrogens with one attached hydrogen (secondary N) is 2. The van der Waals surface area contributed by atoms with Gasteiger partial charge in [0.2, 0.25) is 0 Å². The number of thiazole rings is 1. The Morgan fingerprint density at radius 3 is 2.66 bits per heavy atom. The fourth-order valence-electron chi connectivity index (χ4n) is 4.40. The lowest BCUT2D eigenvalue weighted by atomic mass is 9.98. The molecule has 2 N–H and O–H groups in total. The Morgan fingerprint density at radius 1 is 1.17 bits per heavy atom. The van der Waals surface area contributed by atoms with Gasteiger partial charge in [-0.15, -0.1) is 11.3 Å². The number of benzene rings is 2. The maximum absolute atomic E-state index is 12.8. The number of urea groups is 1. The third-order valence-electron chi connectivity index (χ3n) is 6.46. The number of hydroxylamine groups is 1. The second kappa shape index (κ2) is 10.2. The first-order chi connectivity index (χ1) is 16.9. The number of carbonyl (C=O) groups excluding carboxylic acids is 1. The van der Waals surface area contributed by atoms with E-state index in [-0.39, 0.29) is 12.1 Å². The van der Waals surface area contributed by atoms with Crippen LogP contribution in [0.4, 0.5) is 10.5 Å². The van der Waals surface area contributed by atoms with Crippen LogP contribution < -0.4 is 10.8 Å². The van der Waals surface area contributed by atoms with Crippen LogP contribution in [0.2, 0.25) is 10.0 Å². The zero-order valence-corrected chi connectivity index (χ0v) is 21.8. The predicted octanol–water partition coefficient (Wildman–Crippen LogP) is 7.10. The van der Waals surface area contributed by atoms with E-state index in [1.807, 2.05) is 54.5 Å². The van der Waals surface area contributed by atoms with Gasteiger partial charge in [0, 0.05) is 45.7 Å². The molecule has 2 aliphatic rings. The molecule has 0 spiro atoms. The molecule has 0 radical (unpaired) electrons. The van der Waals surface area contributed by atoms with Gasteiger partial charge in [0.05, 0.1) is 16.4 Å². The minimum atomic E-state index is -0.380. The van der Waals surface area contributed by atoms with Crippen molar-refractivity contribution < 1.29 is 9.63 Å². The average Bonchev–Trinajstić information content (AvgIpc) is 3.52. The van der Waals surface area contributed by atoms with Gasteiger partial charge < -0.3 is 10.2 Å². The first kappa shape index (κ1) is 24.1. The second-order valence-corrected chi connectivity index (χ2v) is 10.6. The van der Waals surface area contributed by atoms with Gasteiger partial charge in [0.15, 0.2) is 0 Å². The number of hydrogen-bond acceptors (Lipinski definition) is 5. The van der Waals surface area contributed by atoms with E-state index in [2.05, 4.69) is 10.8 Å². The lowest BCUT2D eigenvalue weighted by Gasteiger charge is -2.31. The number of nitrogens with zero attached hydrogens (tertiary/aromatic N) is 2. The van der Waals surface area contributed by atoms with Gasteiger partial charge in [0.1, 0.15) is 6.10 Å². The van der Waals surface area contributed by atoms with E-state index in [1.165, 1.54) is 0 Å². The molecule has 1 saturated heterocycles. The number of carbonyl (C=O) groups is 1. The SMILES string of the molecule is Cc1ccc(C)c(NC(=O)N2CCC(c3nc(C4=C[C@H](c5c(Cl)cccc5Cl)ON4)cs3)CC2)c1. The highest BCUT2D eigenvalue weighted by Gasteiger charge is 2.28. The monoisotopic (exact) mass is 528 g/mol. The van der Waals surface area contributed by atoms with Crippen molar-refractivity contribution in [3.8, 4) is 0 Å². The van der Waals surface area contributed by atoms with Crippen LogP contribution in [0, 0.1) is 13.8 Å². The smallest absolute Gasteiger partial charge is 0.321 e. The molecule has 0 saturated carbocycles. The zero-order valence-electron chi connectivity index (χ0n) is 19.5. The number of piperidine rings is 1. The van der Waals surface area contributed by atoms with E-state index in [0.717, 1.165) is 51.6 Å². The molecule has 1 aromatic heterocycles. The van der Waals surface area contributed by atoms with Gasteiger partial charge in [0.25, 0.3) is 0 Å². The first-order valence-electron chi connectivity index (χ1n) is 11.6. The molecule has 2 aliphatic heterocycles. The van der Waals surface area contributed by atoms with Gasteiger partial charge >= 0.3 is 6.03 Å². The normalized spacial score (nSPS) is 18.3. The van der Waals surface area contributed by atoms with Gasteiger partial charge in [-0.25, -0.2) is 9.78 Å². The predicted molar refractivity (Wildman–Crippen MR) is 142 cm³/mol. The molecule has 0 aliphatic carbocycles. The number of aromatic nitrogens is 1. The molecule has 6 nitrogen and oxygen atoms in total. The van der Waals surface area contributed by atoms with Crippen molar-refractivity contribution in [3.63, 3.8) is 0 Å². The van der Waals surface area contributed by atoms with Gasteiger partial charge in [-0.05, 0) is 62.1 Å². The maximum atomic E-state index is 12.8. The first-order valence-corrected chi connectivity index (χ1v) is 13.2. The van der Waals surface area contributed by atoms with Crippen LogP contribution in [-0.2, 0) is 4.84 Å². The number of rotatable bonds is 4. The third kappa shape index (κ3) is 5.19. The zero-order chi connectivity index (χ0) is 24.5. The van der Waals surface area contributed by atoms with Crippen molar-refractivity contribution in [1.82, 2.24) is 15.4 Å². The van der Waals surface area contributed by atoms with Crippen LogP contribution in [0.25, 0.3) is 5.70 Å². The van der Waals surface area contributed by atoms with E-state index in [0.29, 0.717) is 29.1 Å². The summed E-state index contributed by atoms with van der Waals surface area (Å²) < 4.78 is 0. The summed E-state index contributed by atoms with van der Waals surface area (Å²) in [5, 5.41) is 7.31. The molecule has 9 heteroatoms. The summed E-state index contributed by atoms with van der Waals surface area (Å²) in [6.07, 6.45) is 3.34. The molecule has 2 amide bonds. The van der Waals surface area contributed by atoms with Gasteiger partial charge in [-0.3, -0.25) is 10.3 Å². The minimum absolute atomic E-state index is 0.0429. The van der Waals surface area contributed by atoms with Crippen LogP contribution >= 0.6 is 34.5 Å². The lowest BCUT2D eigenvalue weighted by Crippen LogP contribution is -2.40. The van der Waals surface area contributed by atoms with Crippen LogP contribution in [0.15, 0.2) is 47.9 Å². The topological polar surface area (TPSA) is 66.5 Å². The Labute approximate surface area is 218 Å². The molecule has 5 rings (SSSR count). The highest BCUT2D eigenvalue weighted by molar-refractivity contribution is 7.09. The van der Waals surface area contributed by atoms with E-state index in [4.69, 9.17) is 33.0 Å². The van der Waals surface area contributed by atoms with E-state index in [1.54, 1.807) is 23.5 Å². The molecule has 3 aromatic rings. The molecule has 0 bridgehead atoms. The van der Waals surface area contributed by atoms with Crippen LogP contribution in [0.1, 0.15) is 52.3 Å². The Kier molecular flexibility index (Phi) is 7.02. The van der Waals surface area contributed by atoms with Crippen molar-refractivity contribution in [3.05, 3.63) is 85.3 Å². The van der Waals surface area contributed by atoms with Crippen LogP contribution in [-0.4, -0.2) is 29.0 Å². The Balaban J connectivity index is 1.21. The van der Waals surface area contributed by atoms with Crippen molar-refractivity contribution in [2.45, 2.75) is 38.7 Å². The number of amides is 2. The molecule has 35 heavy (non-hydrogen) atoms. The van der Waals surface area contributed by atoms with Crippen molar-refractivity contribution in [2.75, 3.05) is 18.4 Å². The molecular weight excluding hydrogens is 503 g/mol. The second-order valence-electron chi connectivity index (χ2n) is 8.94. The van der Waals surface area contributed by atoms with E-state index >= 15 is 0 Å². The fraction of sp³-hybridized carbons (Fsp3) is 0.308. The molecule has 2 aromatic carbocycles. The highest BCUT2D eigenvalue weighted by atomic mass is 35.5. The maximum Gasteiger partial charge on any atom is 0.321 e. The number of anilines is 1. The summed E-state index contributed by atoms with van der Waals surface area (Å²) in [6, 6.07) is 11.5. The number of aryl methyl sites for hydroxylation is 2. The van der Waals surface area contributed by atoms with Crippen LogP contribution in [0.3, 0.4) is 0 Å². The summed E-state index contributed by atoms with van der Waals surface area (Å²) in [4.78, 5) is 25.3. The number of halogens is 2.